The lowest BCUT2D eigenvalue weighted by molar-refractivity contribution is 0.0690. The molecule has 94 valence electrons. The Kier molecular flexibility index (Phi) is 3.36. The molecule has 6 heteroatoms. The van der Waals surface area contributed by atoms with E-state index in [-0.39, 0.29) is 5.69 Å². The van der Waals surface area contributed by atoms with Gasteiger partial charge in [0.25, 0.3) is 0 Å². The van der Waals surface area contributed by atoms with Crippen LogP contribution in [0, 0.1) is 5.92 Å². The van der Waals surface area contributed by atoms with Crippen molar-refractivity contribution in [3.63, 3.8) is 0 Å². The third kappa shape index (κ3) is 2.53. The minimum Gasteiger partial charge on any atom is -0.476 e. The molecule has 2 rings (SSSR count). The second-order valence-corrected chi connectivity index (χ2v) is 4.42. The fraction of sp³-hybridized carbons (Fsp3) is 0.333. The Morgan fingerprint density at radius 2 is 2.28 bits per heavy atom. The van der Waals surface area contributed by atoms with E-state index < -0.39 is 5.97 Å². The summed E-state index contributed by atoms with van der Waals surface area (Å²) in [5.41, 5.74) is 0.846. The average molecular weight is 246 g/mol. The first-order valence-electron chi connectivity index (χ1n) is 5.68. The molecule has 0 aliphatic rings. The van der Waals surface area contributed by atoms with Crippen LogP contribution in [0.2, 0.25) is 0 Å². The molecule has 6 nitrogen and oxygen atoms in total. The second kappa shape index (κ2) is 4.95. The third-order valence-corrected chi connectivity index (χ3v) is 2.39. The van der Waals surface area contributed by atoms with E-state index in [4.69, 9.17) is 5.11 Å². The van der Waals surface area contributed by atoms with E-state index in [9.17, 15) is 4.79 Å². The normalized spacial score (nSPS) is 10.8. The van der Waals surface area contributed by atoms with E-state index in [1.807, 2.05) is 0 Å². The van der Waals surface area contributed by atoms with Crippen LogP contribution in [0.25, 0.3) is 5.82 Å². The first kappa shape index (κ1) is 12.2. The van der Waals surface area contributed by atoms with Crippen LogP contribution < -0.4 is 0 Å². The van der Waals surface area contributed by atoms with Gasteiger partial charge in [-0.15, -0.1) is 5.10 Å². The zero-order valence-corrected chi connectivity index (χ0v) is 10.2. The number of carboxylic acid groups (broad SMARTS) is 1. The Morgan fingerprint density at radius 1 is 1.50 bits per heavy atom. The summed E-state index contributed by atoms with van der Waals surface area (Å²) in [5.74, 6) is -0.109. The number of aromatic carboxylic acids is 1. The van der Waals surface area contributed by atoms with E-state index in [1.165, 1.54) is 4.68 Å². The van der Waals surface area contributed by atoms with Gasteiger partial charge in [-0.1, -0.05) is 13.8 Å². The SMILES string of the molecule is CC(C)Cc1cc(C(=O)O)nn1-c1cccnn1. The summed E-state index contributed by atoms with van der Waals surface area (Å²) in [7, 11) is 0. The minimum absolute atomic E-state index is 0.0244. The predicted molar refractivity (Wildman–Crippen MR) is 64.7 cm³/mol. The summed E-state index contributed by atoms with van der Waals surface area (Å²) in [5, 5.41) is 20.8. The zero-order valence-electron chi connectivity index (χ0n) is 10.2. The van der Waals surface area contributed by atoms with Crippen molar-refractivity contribution in [2.45, 2.75) is 20.3 Å². The molecule has 1 N–H and O–H groups in total. The molecule has 0 unspecified atom stereocenters. The van der Waals surface area contributed by atoms with Crippen molar-refractivity contribution in [2.24, 2.45) is 5.92 Å². The molecule has 0 saturated carbocycles. The van der Waals surface area contributed by atoms with Crippen LogP contribution in [0.1, 0.15) is 30.0 Å². The maximum absolute atomic E-state index is 11.0. The molecule has 2 aromatic rings. The predicted octanol–water partition coefficient (Wildman–Crippen LogP) is 1.56. The highest BCUT2D eigenvalue weighted by Gasteiger charge is 2.15. The van der Waals surface area contributed by atoms with E-state index >= 15 is 0 Å². The van der Waals surface area contributed by atoms with Crippen LogP contribution in [0.15, 0.2) is 24.4 Å². The van der Waals surface area contributed by atoms with Crippen LogP contribution in [0.3, 0.4) is 0 Å². The van der Waals surface area contributed by atoms with Gasteiger partial charge in [-0.3, -0.25) is 0 Å². The molecule has 0 saturated heterocycles. The first-order valence-corrected chi connectivity index (χ1v) is 5.68. The van der Waals surface area contributed by atoms with Gasteiger partial charge in [0, 0.05) is 11.9 Å². The van der Waals surface area contributed by atoms with Crippen molar-refractivity contribution in [3.05, 3.63) is 35.8 Å². The summed E-state index contributed by atoms with van der Waals surface area (Å²) < 4.78 is 1.54. The Labute approximate surface area is 104 Å². The van der Waals surface area contributed by atoms with Crippen molar-refractivity contribution in [3.8, 4) is 5.82 Å². The molecule has 0 bridgehead atoms. The average Bonchev–Trinajstić information content (AvgIpc) is 2.73. The molecule has 2 aromatic heterocycles. The highest BCUT2D eigenvalue weighted by Crippen LogP contribution is 2.14. The molecule has 0 aliphatic carbocycles. The highest BCUT2D eigenvalue weighted by molar-refractivity contribution is 5.85. The van der Waals surface area contributed by atoms with Gasteiger partial charge in [-0.2, -0.15) is 10.2 Å². The van der Waals surface area contributed by atoms with Crippen LogP contribution in [0.4, 0.5) is 0 Å². The molecular weight excluding hydrogens is 232 g/mol. The summed E-state index contributed by atoms with van der Waals surface area (Å²) >= 11 is 0. The molecule has 18 heavy (non-hydrogen) atoms. The van der Waals surface area contributed by atoms with Gasteiger partial charge in [0.2, 0.25) is 0 Å². The molecule has 2 heterocycles. The fourth-order valence-corrected chi connectivity index (χ4v) is 1.69. The number of nitrogens with zero attached hydrogens (tertiary/aromatic N) is 4. The standard InChI is InChI=1S/C12H14N4O2/c1-8(2)6-9-7-10(12(17)18)15-16(9)11-4-3-5-13-14-11/h3-5,7-8H,6H2,1-2H3,(H,17,18). The molecular formula is C12H14N4O2. The molecule has 0 aliphatic heterocycles. The van der Waals surface area contributed by atoms with Crippen molar-refractivity contribution in [1.82, 2.24) is 20.0 Å². The van der Waals surface area contributed by atoms with Crippen molar-refractivity contribution in [2.75, 3.05) is 0 Å². The lowest BCUT2D eigenvalue weighted by atomic mass is 10.1. The minimum atomic E-state index is -1.04. The Morgan fingerprint density at radius 3 is 2.83 bits per heavy atom. The maximum atomic E-state index is 11.0. The quantitative estimate of drug-likeness (QED) is 0.885. The van der Waals surface area contributed by atoms with Crippen LogP contribution in [-0.2, 0) is 6.42 Å². The molecule has 0 radical (unpaired) electrons. The topological polar surface area (TPSA) is 80.9 Å². The van der Waals surface area contributed by atoms with E-state index in [1.54, 1.807) is 24.4 Å². The molecule has 0 amide bonds. The highest BCUT2D eigenvalue weighted by atomic mass is 16.4. The zero-order chi connectivity index (χ0) is 13.1. The van der Waals surface area contributed by atoms with E-state index in [0.29, 0.717) is 11.7 Å². The molecule has 0 spiro atoms. The first-order chi connectivity index (χ1) is 8.58. The third-order valence-electron chi connectivity index (χ3n) is 2.39. The lowest BCUT2D eigenvalue weighted by Gasteiger charge is -2.07. The molecule has 0 atom stereocenters. The van der Waals surface area contributed by atoms with Gasteiger partial charge in [-0.25, -0.2) is 9.48 Å². The summed E-state index contributed by atoms with van der Waals surface area (Å²) in [6, 6.07) is 5.07. The van der Waals surface area contributed by atoms with Gasteiger partial charge in [-0.05, 0) is 30.5 Å². The maximum Gasteiger partial charge on any atom is 0.356 e. The Bertz CT molecular complexity index is 548. The van der Waals surface area contributed by atoms with Gasteiger partial charge < -0.3 is 5.11 Å². The van der Waals surface area contributed by atoms with Crippen LogP contribution >= 0.6 is 0 Å². The van der Waals surface area contributed by atoms with Crippen molar-refractivity contribution in [1.29, 1.82) is 0 Å². The smallest absolute Gasteiger partial charge is 0.356 e. The fourth-order valence-electron chi connectivity index (χ4n) is 1.69. The van der Waals surface area contributed by atoms with Crippen LogP contribution in [-0.4, -0.2) is 31.1 Å². The number of carbonyl (C=O) groups is 1. The molecule has 0 aromatic carbocycles. The van der Waals surface area contributed by atoms with E-state index in [2.05, 4.69) is 29.1 Å². The van der Waals surface area contributed by atoms with Crippen molar-refractivity contribution < 1.29 is 9.90 Å². The monoisotopic (exact) mass is 246 g/mol. The lowest BCUT2D eigenvalue weighted by Crippen LogP contribution is -2.08. The molecule has 0 fully saturated rings. The Balaban J connectivity index is 2.47. The van der Waals surface area contributed by atoms with Gasteiger partial charge in [0.15, 0.2) is 11.5 Å². The number of aromatic nitrogens is 4. The summed E-state index contributed by atoms with van der Waals surface area (Å²) in [6.07, 6.45) is 2.30. The number of carboxylic acids is 1. The number of hydrogen-bond donors (Lipinski definition) is 1. The Hall–Kier alpha value is -2.24. The van der Waals surface area contributed by atoms with Crippen LogP contribution in [0.5, 0.6) is 0 Å². The van der Waals surface area contributed by atoms with E-state index in [0.717, 1.165) is 12.1 Å². The summed E-state index contributed by atoms with van der Waals surface area (Å²) in [4.78, 5) is 11.0. The number of hydrogen-bond acceptors (Lipinski definition) is 4. The van der Waals surface area contributed by atoms with Crippen molar-refractivity contribution >= 4 is 5.97 Å². The second-order valence-electron chi connectivity index (χ2n) is 4.42. The largest absolute Gasteiger partial charge is 0.476 e. The number of rotatable bonds is 4. The van der Waals surface area contributed by atoms with Gasteiger partial charge in [0.1, 0.15) is 0 Å². The van der Waals surface area contributed by atoms with Gasteiger partial charge >= 0.3 is 5.97 Å². The summed E-state index contributed by atoms with van der Waals surface area (Å²) in [6.45, 7) is 4.13. The van der Waals surface area contributed by atoms with Gasteiger partial charge in [0.05, 0.1) is 0 Å².